The number of esters is 3. The molecule has 1 fully saturated rings. The van der Waals surface area contributed by atoms with Gasteiger partial charge in [-0.1, -0.05) is 138 Å². The van der Waals surface area contributed by atoms with Gasteiger partial charge < -0.3 is 14.2 Å². The van der Waals surface area contributed by atoms with Gasteiger partial charge in [0.1, 0.15) is 6.61 Å². The lowest BCUT2D eigenvalue weighted by Crippen LogP contribution is -2.38. The summed E-state index contributed by atoms with van der Waals surface area (Å²) in [5.74, 6) is -1.61. The van der Waals surface area contributed by atoms with Crippen molar-refractivity contribution in [2.75, 3.05) is 6.61 Å². The van der Waals surface area contributed by atoms with Crippen molar-refractivity contribution in [3.05, 3.63) is 180 Å². The van der Waals surface area contributed by atoms with Crippen molar-refractivity contribution in [3.63, 3.8) is 0 Å². The van der Waals surface area contributed by atoms with Crippen molar-refractivity contribution >= 4 is 39.5 Å². The van der Waals surface area contributed by atoms with Gasteiger partial charge in [-0.2, -0.15) is 0 Å². The van der Waals surface area contributed by atoms with E-state index >= 15 is 0 Å². The molecule has 1 aliphatic heterocycles. The number of ether oxygens (including phenoxy) is 3. The predicted molar refractivity (Wildman–Crippen MR) is 203 cm³/mol. The van der Waals surface area contributed by atoms with Crippen LogP contribution in [0.25, 0.3) is 33.4 Å². The summed E-state index contributed by atoms with van der Waals surface area (Å²) in [5, 5.41) is -0.492. The quantitative estimate of drug-likeness (QED) is 0.0791. The van der Waals surface area contributed by atoms with Crippen LogP contribution >= 0.6 is 21.6 Å². The molecule has 6 aromatic carbocycles. The zero-order valence-electron chi connectivity index (χ0n) is 27.3. The smallest absolute Gasteiger partial charge is 0.339 e. The number of benzene rings is 6. The molecule has 6 aromatic rings. The molecule has 0 bridgehead atoms. The Morgan fingerprint density at radius 3 is 1.18 bits per heavy atom. The molecule has 1 aliphatic rings. The van der Waals surface area contributed by atoms with Crippen LogP contribution in [0.15, 0.2) is 164 Å². The topological polar surface area (TPSA) is 78.9 Å². The Morgan fingerprint density at radius 2 is 0.765 bits per heavy atom. The van der Waals surface area contributed by atoms with Gasteiger partial charge in [0.15, 0.2) is 11.5 Å². The Labute approximate surface area is 304 Å². The third kappa shape index (κ3) is 8.26. The lowest BCUT2D eigenvalue weighted by atomic mass is 10.0. The Bertz CT molecular complexity index is 2090. The van der Waals surface area contributed by atoms with E-state index in [9.17, 15) is 14.4 Å². The van der Waals surface area contributed by atoms with Crippen LogP contribution in [0.4, 0.5) is 0 Å². The number of rotatable bonds is 10. The van der Waals surface area contributed by atoms with Crippen LogP contribution in [-0.2, 0) is 14.2 Å². The monoisotopic (exact) mass is 708 g/mol. The Hall–Kier alpha value is -5.57. The number of carbonyl (C=O) groups is 3. The molecule has 1 saturated heterocycles. The Morgan fingerprint density at radius 1 is 0.412 bits per heavy atom. The van der Waals surface area contributed by atoms with Crippen LogP contribution in [0, 0.1) is 0 Å². The highest BCUT2D eigenvalue weighted by molar-refractivity contribution is 8.77. The van der Waals surface area contributed by atoms with Crippen LogP contribution in [0.1, 0.15) is 31.1 Å². The normalized spacial score (nSPS) is 16.6. The first kappa shape index (κ1) is 33.9. The maximum atomic E-state index is 13.5. The van der Waals surface area contributed by atoms with Crippen molar-refractivity contribution in [2.45, 2.75) is 16.8 Å². The van der Waals surface area contributed by atoms with Gasteiger partial charge in [0, 0.05) is 0 Å². The summed E-state index contributed by atoms with van der Waals surface area (Å²) in [7, 11) is 2.62. The molecule has 0 unspecified atom stereocenters. The van der Waals surface area contributed by atoms with E-state index in [1.807, 2.05) is 127 Å². The van der Waals surface area contributed by atoms with Crippen LogP contribution in [0.5, 0.6) is 0 Å². The molecule has 8 heteroatoms. The summed E-state index contributed by atoms with van der Waals surface area (Å²) in [5.41, 5.74) is 6.32. The highest BCUT2D eigenvalue weighted by Crippen LogP contribution is 2.46. The van der Waals surface area contributed by atoms with Crippen molar-refractivity contribution < 1.29 is 28.6 Å². The summed E-state index contributed by atoms with van der Waals surface area (Å²) < 4.78 is 17.7. The molecule has 0 saturated carbocycles. The highest BCUT2D eigenvalue weighted by atomic mass is 33.1. The van der Waals surface area contributed by atoms with E-state index < -0.39 is 34.7 Å². The molecule has 0 aromatic heterocycles. The fourth-order valence-corrected chi connectivity index (χ4v) is 8.61. The van der Waals surface area contributed by atoms with Crippen molar-refractivity contribution in [1.82, 2.24) is 0 Å². The zero-order chi connectivity index (χ0) is 35.0. The van der Waals surface area contributed by atoms with Gasteiger partial charge >= 0.3 is 17.9 Å². The molecule has 0 aliphatic carbocycles. The Kier molecular flexibility index (Phi) is 10.6. The van der Waals surface area contributed by atoms with Gasteiger partial charge in [-0.25, -0.2) is 14.4 Å². The van der Waals surface area contributed by atoms with E-state index in [0.29, 0.717) is 16.7 Å². The third-order valence-electron chi connectivity index (χ3n) is 8.44. The lowest BCUT2D eigenvalue weighted by Gasteiger charge is -2.23. The van der Waals surface area contributed by atoms with Crippen molar-refractivity contribution in [2.24, 2.45) is 0 Å². The molecule has 0 spiro atoms. The molecular formula is C43H32O6S2. The SMILES string of the molecule is O=C(OC[C@@H]1SS[C@@H](OC(=O)c2ccc(-c3ccccc3)cc2)[C@H]1OC(=O)c1ccc(-c2ccccc2)cc1)c1ccc(-c2ccccc2)cc1. The molecule has 7 rings (SSSR count). The molecule has 0 radical (unpaired) electrons. The summed E-state index contributed by atoms with van der Waals surface area (Å²) in [4.78, 5) is 39.9. The van der Waals surface area contributed by atoms with E-state index in [4.69, 9.17) is 14.2 Å². The van der Waals surface area contributed by atoms with Crippen molar-refractivity contribution in [1.29, 1.82) is 0 Å². The van der Waals surface area contributed by atoms with Crippen LogP contribution in [-0.4, -0.2) is 41.3 Å². The molecule has 252 valence electrons. The fraction of sp³-hybridized carbons (Fsp3) is 0.0930. The summed E-state index contributed by atoms with van der Waals surface area (Å²) in [6.07, 6.45) is -0.887. The van der Waals surface area contributed by atoms with Crippen LogP contribution in [0.2, 0.25) is 0 Å². The zero-order valence-corrected chi connectivity index (χ0v) is 28.9. The van der Waals surface area contributed by atoms with E-state index in [1.165, 1.54) is 21.6 Å². The van der Waals surface area contributed by atoms with Gasteiger partial charge in [-0.05, 0) is 80.6 Å². The second-order valence-corrected chi connectivity index (χ2v) is 14.4. The van der Waals surface area contributed by atoms with Gasteiger partial charge in [0.2, 0.25) is 0 Å². The lowest BCUT2D eigenvalue weighted by molar-refractivity contribution is -0.0145. The second-order valence-electron chi connectivity index (χ2n) is 11.8. The van der Waals surface area contributed by atoms with Crippen LogP contribution < -0.4 is 0 Å². The largest absolute Gasteiger partial charge is 0.461 e. The minimum atomic E-state index is -0.887. The first-order chi connectivity index (χ1) is 25.0. The van der Waals surface area contributed by atoms with Gasteiger partial charge in [-0.3, -0.25) is 0 Å². The number of carbonyl (C=O) groups excluding carboxylic acids is 3. The van der Waals surface area contributed by atoms with E-state index in [1.54, 1.807) is 36.4 Å². The van der Waals surface area contributed by atoms with Gasteiger partial charge in [0.25, 0.3) is 0 Å². The van der Waals surface area contributed by atoms with Gasteiger partial charge in [0.05, 0.1) is 21.9 Å². The van der Waals surface area contributed by atoms with E-state index in [2.05, 4.69) is 0 Å². The number of hydrogen-bond donors (Lipinski definition) is 0. The molecule has 0 N–H and O–H groups in total. The molecular weight excluding hydrogens is 677 g/mol. The molecule has 51 heavy (non-hydrogen) atoms. The second kappa shape index (κ2) is 16.0. The minimum absolute atomic E-state index is 0.0539. The average molecular weight is 709 g/mol. The maximum absolute atomic E-state index is 13.5. The van der Waals surface area contributed by atoms with E-state index in [0.717, 1.165) is 33.4 Å². The summed E-state index contributed by atoms with van der Waals surface area (Å²) >= 11 is 0. The van der Waals surface area contributed by atoms with E-state index in [-0.39, 0.29) is 6.61 Å². The Balaban J connectivity index is 1.05. The number of hydrogen-bond acceptors (Lipinski definition) is 8. The van der Waals surface area contributed by atoms with Crippen LogP contribution in [0.3, 0.4) is 0 Å². The predicted octanol–water partition coefficient (Wildman–Crippen LogP) is 10.0. The molecule has 0 amide bonds. The minimum Gasteiger partial charge on any atom is -0.461 e. The fourth-order valence-electron chi connectivity index (χ4n) is 5.65. The molecule has 6 nitrogen and oxygen atoms in total. The standard InChI is InChI=1S/C43H32O6S2/c44-40(35-22-16-32(17-23-35)29-10-4-1-5-11-29)47-28-38-39(48-41(45)36-24-18-33(19-25-36)30-12-6-2-7-13-30)43(51-50-38)49-42(46)37-26-20-34(21-27-37)31-14-8-3-9-15-31/h1-27,38-39,43H,28H2/t38-,39-,43+/m0/s1. The summed E-state index contributed by atoms with van der Waals surface area (Å²) in [6.45, 7) is -0.0539. The third-order valence-corrected chi connectivity index (χ3v) is 11.4. The maximum Gasteiger partial charge on any atom is 0.339 e. The highest BCUT2D eigenvalue weighted by Gasteiger charge is 2.44. The summed E-state index contributed by atoms with van der Waals surface area (Å²) in [6, 6.07) is 51.2. The first-order valence-corrected chi connectivity index (χ1v) is 18.7. The average Bonchev–Trinajstić information content (AvgIpc) is 3.57. The molecule has 1 heterocycles. The first-order valence-electron chi connectivity index (χ1n) is 16.4. The van der Waals surface area contributed by atoms with Gasteiger partial charge in [-0.15, -0.1) is 0 Å². The molecule has 3 atom stereocenters. The van der Waals surface area contributed by atoms with Crippen molar-refractivity contribution in [3.8, 4) is 33.4 Å².